The molecule has 2 amide bonds. The van der Waals surface area contributed by atoms with Gasteiger partial charge in [0.25, 0.3) is 11.8 Å². The fourth-order valence-electron chi connectivity index (χ4n) is 3.50. The fourth-order valence-corrected chi connectivity index (χ4v) is 4.79. The molecule has 1 fully saturated rings. The van der Waals surface area contributed by atoms with Gasteiger partial charge in [0.2, 0.25) is 0 Å². The van der Waals surface area contributed by atoms with E-state index in [2.05, 4.69) is 10.6 Å². The Morgan fingerprint density at radius 2 is 2.04 bits per heavy atom. The number of thioether (sulfide) groups is 1. The van der Waals surface area contributed by atoms with E-state index in [1.165, 1.54) is 0 Å². The van der Waals surface area contributed by atoms with Crippen LogP contribution in [0.4, 0.5) is 5.69 Å². The van der Waals surface area contributed by atoms with Crippen LogP contribution >= 0.6 is 23.4 Å². The SMILES string of the molecule is O=C(N[C@@H]1CCSc2ccc(Cl)cc21)c1cccc(NC(=O)[C@H]2CCCO2)c1. The zero-order valence-corrected chi connectivity index (χ0v) is 16.8. The van der Waals surface area contributed by atoms with Crippen molar-refractivity contribution in [3.05, 3.63) is 58.6 Å². The van der Waals surface area contributed by atoms with Crippen LogP contribution in [0.15, 0.2) is 47.4 Å². The van der Waals surface area contributed by atoms with Gasteiger partial charge >= 0.3 is 0 Å². The average molecular weight is 417 g/mol. The molecule has 0 saturated carbocycles. The summed E-state index contributed by atoms with van der Waals surface area (Å²) in [7, 11) is 0. The van der Waals surface area contributed by atoms with Crippen molar-refractivity contribution in [3.63, 3.8) is 0 Å². The number of nitrogens with one attached hydrogen (secondary N) is 2. The summed E-state index contributed by atoms with van der Waals surface area (Å²) < 4.78 is 5.40. The number of benzene rings is 2. The molecule has 7 heteroatoms. The quantitative estimate of drug-likeness (QED) is 0.773. The fraction of sp³-hybridized carbons (Fsp3) is 0.333. The number of hydrogen-bond acceptors (Lipinski definition) is 4. The number of halogens is 1. The molecule has 28 heavy (non-hydrogen) atoms. The van der Waals surface area contributed by atoms with Crippen molar-refractivity contribution >= 4 is 40.9 Å². The summed E-state index contributed by atoms with van der Waals surface area (Å²) in [6.07, 6.45) is 2.07. The molecule has 2 aromatic rings. The first kappa shape index (κ1) is 19.3. The third-order valence-corrected chi connectivity index (χ3v) is 6.29. The van der Waals surface area contributed by atoms with Gasteiger partial charge in [-0.05, 0) is 61.2 Å². The predicted molar refractivity (Wildman–Crippen MR) is 111 cm³/mol. The van der Waals surface area contributed by atoms with Crippen LogP contribution in [0, 0.1) is 0 Å². The molecule has 0 aliphatic carbocycles. The Morgan fingerprint density at radius 3 is 2.86 bits per heavy atom. The molecule has 2 heterocycles. The molecule has 5 nitrogen and oxygen atoms in total. The zero-order valence-electron chi connectivity index (χ0n) is 15.2. The molecule has 2 aliphatic rings. The van der Waals surface area contributed by atoms with Crippen LogP contribution in [0.2, 0.25) is 5.02 Å². The summed E-state index contributed by atoms with van der Waals surface area (Å²) in [5, 5.41) is 6.61. The molecule has 2 N–H and O–H groups in total. The minimum atomic E-state index is -0.404. The zero-order chi connectivity index (χ0) is 19.5. The van der Waals surface area contributed by atoms with Gasteiger partial charge in [0.05, 0.1) is 6.04 Å². The van der Waals surface area contributed by atoms with E-state index in [1.807, 2.05) is 18.2 Å². The first-order valence-electron chi connectivity index (χ1n) is 9.36. The number of carbonyl (C=O) groups excluding carboxylic acids is 2. The van der Waals surface area contributed by atoms with E-state index in [9.17, 15) is 9.59 Å². The monoisotopic (exact) mass is 416 g/mol. The third-order valence-electron chi connectivity index (χ3n) is 4.93. The van der Waals surface area contributed by atoms with Crippen molar-refractivity contribution in [2.45, 2.75) is 36.3 Å². The molecule has 1 saturated heterocycles. The van der Waals surface area contributed by atoms with Crippen LogP contribution in [-0.4, -0.2) is 30.3 Å². The number of amides is 2. The van der Waals surface area contributed by atoms with E-state index in [0.29, 0.717) is 22.9 Å². The second-order valence-electron chi connectivity index (χ2n) is 6.92. The van der Waals surface area contributed by atoms with E-state index in [4.69, 9.17) is 16.3 Å². The maximum atomic E-state index is 12.8. The standard InChI is InChI=1S/C21H21ClN2O3S/c22-14-6-7-19-16(12-14)17(8-10-28-19)24-20(25)13-3-1-4-15(11-13)23-21(26)18-5-2-9-27-18/h1,3-4,6-7,11-12,17-18H,2,5,8-10H2,(H,23,26)(H,24,25)/t17-,18-/m1/s1. The van der Waals surface area contributed by atoms with E-state index in [1.54, 1.807) is 36.0 Å². The number of hydrogen-bond donors (Lipinski definition) is 2. The lowest BCUT2D eigenvalue weighted by atomic mass is 10.0. The highest BCUT2D eigenvalue weighted by molar-refractivity contribution is 7.99. The highest BCUT2D eigenvalue weighted by atomic mass is 35.5. The Hall–Kier alpha value is -2.02. The van der Waals surface area contributed by atoms with Gasteiger partial charge in [-0.1, -0.05) is 17.7 Å². The minimum Gasteiger partial charge on any atom is -0.368 e. The second kappa shape index (κ2) is 8.55. The van der Waals surface area contributed by atoms with E-state index < -0.39 is 6.10 Å². The van der Waals surface area contributed by atoms with Gasteiger partial charge in [0, 0.05) is 33.5 Å². The number of rotatable bonds is 4. The number of ether oxygens (including phenoxy) is 1. The summed E-state index contributed by atoms with van der Waals surface area (Å²) in [4.78, 5) is 26.2. The highest BCUT2D eigenvalue weighted by Gasteiger charge is 2.25. The predicted octanol–water partition coefficient (Wildman–Crippen LogP) is 4.42. The van der Waals surface area contributed by atoms with Crippen LogP contribution < -0.4 is 10.6 Å². The number of anilines is 1. The topological polar surface area (TPSA) is 67.4 Å². The molecule has 0 bridgehead atoms. The van der Waals surface area contributed by atoms with Crippen molar-refractivity contribution in [3.8, 4) is 0 Å². The van der Waals surface area contributed by atoms with Gasteiger partial charge in [-0.2, -0.15) is 0 Å². The molecule has 0 radical (unpaired) electrons. The number of fused-ring (bicyclic) bond motifs is 1. The van der Waals surface area contributed by atoms with Crippen LogP contribution in [0.1, 0.15) is 41.2 Å². The summed E-state index contributed by atoms with van der Waals surface area (Å²) in [5.74, 6) is 0.607. The average Bonchev–Trinajstić information content (AvgIpc) is 3.24. The Balaban J connectivity index is 1.46. The largest absolute Gasteiger partial charge is 0.368 e. The van der Waals surface area contributed by atoms with Gasteiger partial charge in [-0.25, -0.2) is 0 Å². The molecule has 0 spiro atoms. The first-order chi connectivity index (χ1) is 13.6. The second-order valence-corrected chi connectivity index (χ2v) is 8.49. The first-order valence-corrected chi connectivity index (χ1v) is 10.7. The minimum absolute atomic E-state index is 0.0763. The molecular formula is C21H21ClN2O3S. The van der Waals surface area contributed by atoms with E-state index >= 15 is 0 Å². The van der Waals surface area contributed by atoms with Crippen molar-refractivity contribution < 1.29 is 14.3 Å². The van der Waals surface area contributed by atoms with Crippen LogP contribution in [0.5, 0.6) is 0 Å². The van der Waals surface area contributed by atoms with Gasteiger partial charge in [-0.3, -0.25) is 9.59 Å². The van der Waals surface area contributed by atoms with Gasteiger partial charge in [-0.15, -0.1) is 11.8 Å². The molecule has 2 aliphatic heterocycles. The van der Waals surface area contributed by atoms with E-state index in [0.717, 1.165) is 35.5 Å². The van der Waals surface area contributed by atoms with Crippen molar-refractivity contribution in [2.75, 3.05) is 17.7 Å². The van der Waals surface area contributed by atoms with Crippen molar-refractivity contribution in [2.24, 2.45) is 0 Å². The highest BCUT2D eigenvalue weighted by Crippen LogP contribution is 2.37. The van der Waals surface area contributed by atoms with Crippen molar-refractivity contribution in [1.29, 1.82) is 0 Å². The Bertz CT molecular complexity index is 899. The normalized spacial score (nSPS) is 21.0. The molecule has 4 rings (SSSR count). The Labute approximate surface area is 173 Å². The maximum Gasteiger partial charge on any atom is 0.253 e. The molecule has 146 valence electrons. The van der Waals surface area contributed by atoms with Gasteiger partial charge in [0.1, 0.15) is 6.10 Å². The smallest absolute Gasteiger partial charge is 0.253 e. The van der Waals surface area contributed by atoms with Gasteiger partial charge < -0.3 is 15.4 Å². The molecule has 2 aromatic carbocycles. The van der Waals surface area contributed by atoms with Crippen LogP contribution in [-0.2, 0) is 9.53 Å². The summed E-state index contributed by atoms with van der Waals surface area (Å²) in [6, 6.07) is 12.7. The Morgan fingerprint density at radius 1 is 1.14 bits per heavy atom. The lowest BCUT2D eigenvalue weighted by Gasteiger charge is -2.26. The summed E-state index contributed by atoms with van der Waals surface area (Å²) >= 11 is 7.92. The summed E-state index contributed by atoms with van der Waals surface area (Å²) in [5.41, 5.74) is 2.16. The third kappa shape index (κ3) is 4.35. The van der Waals surface area contributed by atoms with Gasteiger partial charge in [0.15, 0.2) is 0 Å². The van der Waals surface area contributed by atoms with Crippen LogP contribution in [0.3, 0.4) is 0 Å². The lowest BCUT2D eigenvalue weighted by Crippen LogP contribution is -2.31. The lowest BCUT2D eigenvalue weighted by molar-refractivity contribution is -0.124. The molecule has 0 unspecified atom stereocenters. The van der Waals surface area contributed by atoms with E-state index in [-0.39, 0.29) is 17.9 Å². The molecule has 0 aromatic heterocycles. The van der Waals surface area contributed by atoms with Crippen LogP contribution in [0.25, 0.3) is 0 Å². The Kier molecular flexibility index (Phi) is 5.90. The maximum absolute atomic E-state index is 12.8. The molecular weight excluding hydrogens is 396 g/mol. The summed E-state index contributed by atoms with van der Waals surface area (Å²) in [6.45, 7) is 0.617. The number of carbonyl (C=O) groups is 2. The van der Waals surface area contributed by atoms with Crippen molar-refractivity contribution in [1.82, 2.24) is 5.32 Å². The molecule has 2 atom stereocenters.